The van der Waals surface area contributed by atoms with Crippen molar-refractivity contribution in [2.45, 2.75) is 24.8 Å². The second-order valence-corrected chi connectivity index (χ2v) is 7.10. The average Bonchev–Trinajstić information content (AvgIpc) is 2.98. The molecule has 2 aromatic rings. The Kier molecular flexibility index (Phi) is 5.48. The van der Waals surface area contributed by atoms with Gasteiger partial charge in [0.2, 0.25) is 11.3 Å². The molecule has 1 heterocycles. The number of hydrogen-bond donors (Lipinski definition) is 2. The van der Waals surface area contributed by atoms with E-state index in [4.69, 9.17) is 14.9 Å². The Morgan fingerprint density at radius 3 is 2.87 bits per heavy atom. The number of aromatic nitrogens is 1. The first-order valence-corrected chi connectivity index (χ1v) is 9.02. The zero-order valence-corrected chi connectivity index (χ0v) is 15.0. The molecule has 1 amide bonds. The minimum Gasteiger partial charge on any atom is -0.483 e. The number of nitrogens with zero attached hydrogens (tertiary/aromatic N) is 1. The SMILES string of the molecule is COC(=N)C(C)(C)NC(=O)C(Oc1ccc2ncsc2c1)SC. The maximum Gasteiger partial charge on any atom is 0.272 e. The summed E-state index contributed by atoms with van der Waals surface area (Å²) in [4.78, 5) is 16.6. The molecule has 1 aromatic heterocycles. The van der Waals surface area contributed by atoms with E-state index in [2.05, 4.69) is 10.3 Å². The number of thioether (sulfide) groups is 1. The second kappa shape index (κ2) is 7.18. The fourth-order valence-corrected chi connectivity index (χ4v) is 3.11. The van der Waals surface area contributed by atoms with Crippen LogP contribution in [0.25, 0.3) is 10.2 Å². The summed E-state index contributed by atoms with van der Waals surface area (Å²) in [7, 11) is 1.41. The zero-order valence-electron chi connectivity index (χ0n) is 13.4. The van der Waals surface area contributed by atoms with Gasteiger partial charge in [0, 0.05) is 0 Å². The molecule has 0 saturated heterocycles. The van der Waals surface area contributed by atoms with Crippen LogP contribution in [0.4, 0.5) is 0 Å². The van der Waals surface area contributed by atoms with Crippen LogP contribution >= 0.6 is 23.1 Å². The topological polar surface area (TPSA) is 84.3 Å². The van der Waals surface area contributed by atoms with E-state index < -0.39 is 11.0 Å². The van der Waals surface area contributed by atoms with Gasteiger partial charge in [0.1, 0.15) is 11.3 Å². The van der Waals surface area contributed by atoms with Crippen LogP contribution < -0.4 is 10.1 Å². The third-order valence-corrected chi connectivity index (χ3v) is 4.71. The van der Waals surface area contributed by atoms with E-state index in [0.717, 1.165) is 10.2 Å². The summed E-state index contributed by atoms with van der Waals surface area (Å²) in [5.41, 5.74) is 1.06. The maximum atomic E-state index is 12.4. The quantitative estimate of drug-likeness (QED) is 0.474. The van der Waals surface area contributed by atoms with E-state index in [1.54, 1.807) is 31.7 Å². The number of hydrogen-bond acceptors (Lipinski definition) is 7. The Morgan fingerprint density at radius 1 is 1.48 bits per heavy atom. The molecule has 0 spiro atoms. The normalized spacial score (nSPS) is 12.7. The predicted molar refractivity (Wildman–Crippen MR) is 94.5 cm³/mol. The van der Waals surface area contributed by atoms with E-state index in [1.165, 1.54) is 30.2 Å². The lowest BCUT2D eigenvalue weighted by atomic mass is 10.1. The molecule has 0 bridgehead atoms. The molecule has 1 aromatic carbocycles. The molecular formula is C15H19N3O3S2. The van der Waals surface area contributed by atoms with Gasteiger partial charge in [0.15, 0.2) is 0 Å². The molecule has 1 unspecified atom stereocenters. The summed E-state index contributed by atoms with van der Waals surface area (Å²) < 4.78 is 11.7. The van der Waals surface area contributed by atoms with Crippen molar-refractivity contribution < 1.29 is 14.3 Å². The molecule has 8 heteroatoms. The van der Waals surface area contributed by atoms with Gasteiger partial charge in [-0.05, 0) is 38.3 Å². The molecule has 2 rings (SSSR count). The van der Waals surface area contributed by atoms with Gasteiger partial charge in [-0.25, -0.2) is 4.98 Å². The third-order valence-electron chi connectivity index (χ3n) is 3.18. The summed E-state index contributed by atoms with van der Waals surface area (Å²) in [5, 5.41) is 10.5. The van der Waals surface area contributed by atoms with E-state index in [1.807, 2.05) is 12.1 Å². The van der Waals surface area contributed by atoms with E-state index in [0.29, 0.717) is 5.75 Å². The third kappa shape index (κ3) is 4.14. The molecule has 6 nitrogen and oxygen atoms in total. The number of benzene rings is 1. The van der Waals surface area contributed by atoms with Crippen LogP contribution in [0.2, 0.25) is 0 Å². The Hall–Kier alpha value is -1.80. The van der Waals surface area contributed by atoms with Crippen molar-refractivity contribution in [2.75, 3.05) is 13.4 Å². The predicted octanol–water partition coefficient (Wildman–Crippen LogP) is 2.88. The van der Waals surface area contributed by atoms with Crippen LogP contribution in [-0.2, 0) is 9.53 Å². The van der Waals surface area contributed by atoms with Gasteiger partial charge in [-0.15, -0.1) is 23.1 Å². The fourth-order valence-electron chi connectivity index (χ4n) is 1.92. The molecule has 124 valence electrons. The molecule has 0 saturated carbocycles. The van der Waals surface area contributed by atoms with Crippen LogP contribution in [0.3, 0.4) is 0 Å². The molecule has 23 heavy (non-hydrogen) atoms. The highest BCUT2D eigenvalue weighted by Gasteiger charge is 2.31. The number of ether oxygens (including phenoxy) is 2. The number of amides is 1. The van der Waals surface area contributed by atoms with Crippen LogP contribution in [0.15, 0.2) is 23.7 Å². The van der Waals surface area contributed by atoms with Crippen LogP contribution in [0.1, 0.15) is 13.8 Å². The van der Waals surface area contributed by atoms with Gasteiger partial charge in [-0.1, -0.05) is 0 Å². The number of carbonyl (C=O) groups excluding carboxylic acids is 1. The number of methoxy groups -OCH3 is 1. The summed E-state index contributed by atoms with van der Waals surface area (Å²) in [5.74, 6) is 0.279. The van der Waals surface area contributed by atoms with Crippen LogP contribution in [-0.4, -0.2) is 41.1 Å². The molecule has 0 radical (unpaired) electrons. The smallest absolute Gasteiger partial charge is 0.272 e. The van der Waals surface area contributed by atoms with E-state index >= 15 is 0 Å². The summed E-state index contributed by atoms with van der Waals surface area (Å²) in [6, 6.07) is 5.52. The molecule has 0 aliphatic heterocycles. The lowest BCUT2D eigenvalue weighted by molar-refractivity contribution is -0.125. The van der Waals surface area contributed by atoms with Crippen molar-refractivity contribution in [1.82, 2.24) is 10.3 Å². The molecular weight excluding hydrogens is 334 g/mol. The Bertz CT molecular complexity index is 715. The highest BCUT2D eigenvalue weighted by Crippen LogP contribution is 2.25. The van der Waals surface area contributed by atoms with Crippen molar-refractivity contribution in [3.8, 4) is 5.75 Å². The molecule has 1 atom stereocenters. The highest BCUT2D eigenvalue weighted by molar-refractivity contribution is 7.99. The van der Waals surface area contributed by atoms with Crippen molar-refractivity contribution in [2.24, 2.45) is 0 Å². The number of rotatable bonds is 6. The van der Waals surface area contributed by atoms with Crippen LogP contribution in [0.5, 0.6) is 5.75 Å². The van der Waals surface area contributed by atoms with Gasteiger partial charge in [-0.2, -0.15) is 0 Å². The first kappa shape index (κ1) is 17.6. The zero-order chi connectivity index (χ0) is 17.0. The lowest BCUT2D eigenvalue weighted by Gasteiger charge is -2.27. The molecule has 0 aliphatic carbocycles. The van der Waals surface area contributed by atoms with Gasteiger partial charge in [0.25, 0.3) is 5.91 Å². The maximum absolute atomic E-state index is 12.4. The van der Waals surface area contributed by atoms with Crippen molar-refractivity contribution >= 4 is 45.1 Å². The standard InChI is InChI=1S/C15H19N3O3S2/c1-15(2,14(16)20-3)18-12(19)13(22-4)21-9-5-6-10-11(7-9)23-8-17-10/h5-8,13,16H,1-4H3,(H,18,19). The van der Waals surface area contributed by atoms with Gasteiger partial charge in [0.05, 0.1) is 22.8 Å². The second-order valence-electron chi connectivity index (χ2n) is 5.31. The first-order chi connectivity index (χ1) is 10.9. The number of nitrogens with one attached hydrogen (secondary N) is 2. The Balaban J connectivity index is 2.09. The summed E-state index contributed by atoms with van der Waals surface area (Å²) >= 11 is 2.80. The number of carbonyl (C=O) groups is 1. The van der Waals surface area contributed by atoms with Gasteiger partial charge < -0.3 is 14.8 Å². The Labute approximate surface area is 143 Å². The first-order valence-electron chi connectivity index (χ1n) is 6.85. The Morgan fingerprint density at radius 2 is 2.22 bits per heavy atom. The molecule has 0 aliphatic rings. The molecule has 0 fully saturated rings. The number of thiazole rings is 1. The van der Waals surface area contributed by atoms with Crippen molar-refractivity contribution in [3.63, 3.8) is 0 Å². The monoisotopic (exact) mass is 353 g/mol. The van der Waals surface area contributed by atoms with Crippen LogP contribution in [0, 0.1) is 5.41 Å². The van der Waals surface area contributed by atoms with E-state index in [9.17, 15) is 4.79 Å². The van der Waals surface area contributed by atoms with Gasteiger partial charge in [-0.3, -0.25) is 10.2 Å². The number of fused-ring (bicyclic) bond motifs is 1. The molecule has 2 N–H and O–H groups in total. The highest BCUT2D eigenvalue weighted by atomic mass is 32.2. The van der Waals surface area contributed by atoms with E-state index in [-0.39, 0.29) is 11.8 Å². The summed E-state index contributed by atoms with van der Waals surface area (Å²) in [6.45, 7) is 3.41. The van der Waals surface area contributed by atoms with Gasteiger partial charge >= 0.3 is 0 Å². The average molecular weight is 353 g/mol. The minimum atomic E-state index is -0.898. The van der Waals surface area contributed by atoms with Crippen molar-refractivity contribution in [3.05, 3.63) is 23.7 Å². The minimum absolute atomic E-state index is 0.0169. The fraction of sp³-hybridized carbons (Fsp3) is 0.400. The largest absolute Gasteiger partial charge is 0.483 e. The summed E-state index contributed by atoms with van der Waals surface area (Å²) in [6.07, 6.45) is 1.80. The lowest BCUT2D eigenvalue weighted by Crippen LogP contribution is -2.53. The van der Waals surface area contributed by atoms with Crippen molar-refractivity contribution in [1.29, 1.82) is 5.41 Å².